The summed E-state index contributed by atoms with van der Waals surface area (Å²) in [5.74, 6) is 1.58. The Morgan fingerprint density at radius 3 is 2.83 bits per heavy atom. The summed E-state index contributed by atoms with van der Waals surface area (Å²) < 4.78 is 21.8. The standard InChI is InChI=1S/C18H17BrFN9O/c19-12-9-22-29-16(12)24-18(28-5-7-30-8-6-28)25-17(29)21-10-14-23-15(27-26-14)11-3-1-2-4-13(11)20/h1-4,9H,5-8,10H2,(H,21,24,25)(H,23,26,27). The van der Waals surface area contributed by atoms with E-state index in [9.17, 15) is 4.39 Å². The highest BCUT2D eigenvalue weighted by Gasteiger charge is 2.19. The van der Waals surface area contributed by atoms with Gasteiger partial charge in [0.1, 0.15) is 11.6 Å². The summed E-state index contributed by atoms with van der Waals surface area (Å²) in [7, 11) is 0. The van der Waals surface area contributed by atoms with Crippen LogP contribution in [0.4, 0.5) is 16.3 Å². The number of ether oxygens (including phenoxy) is 1. The number of nitrogens with one attached hydrogen (secondary N) is 2. The van der Waals surface area contributed by atoms with Crippen LogP contribution in [0.25, 0.3) is 17.0 Å². The molecule has 1 aliphatic heterocycles. The number of fused-ring (bicyclic) bond motifs is 1. The molecule has 12 heteroatoms. The van der Waals surface area contributed by atoms with E-state index in [0.717, 1.165) is 17.6 Å². The number of hydrogen-bond donors (Lipinski definition) is 2. The van der Waals surface area contributed by atoms with E-state index >= 15 is 0 Å². The highest BCUT2D eigenvalue weighted by Crippen LogP contribution is 2.23. The van der Waals surface area contributed by atoms with E-state index in [0.29, 0.717) is 54.5 Å². The topological polar surface area (TPSA) is 109 Å². The lowest BCUT2D eigenvalue weighted by molar-refractivity contribution is 0.122. The van der Waals surface area contributed by atoms with Gasteiger partial charge >= 0.3 is 0 Å². The Morgan fingerprint density at radius 1 is 1.17 bits per heavy atom. The van der Waals surface area contributed by atoms with Gasteiger partial charge in [-0.3, -0.25) is 5.10 Å². The van der Waals surface area contributed by atoms with Crippen molar-refractivity contribution in [2.45, 2.75) is 6.54 Å². The van der Waals surface area contributed by atoms with Crippen molar-refractivity contribution < 1.29 is 9.13 Å². The molecule has 0 spiro atoms. The van der Waals surface area contributed by atoms with E-state index in [1.807, 2.05) is 0 Å². The summed E-state index contributed by atoms with van der Waals surface area (Å²) in [6.45, 7) is 3.00. The smallest absolute Gasteiger partial charge is 0.230 e. The first-order valence-corrected chi connectivity index (χ1v) is 10.1. The number of halogens is 2. The van der Waals surface area contributed by atoms with Crippen LogP contribution < -0.4 is 10.2 Å². The van der Waals surface area contributed by atoms with Gasteiger partial charge in [0.2, 0.25) is 11.9 Å². The van der Waals surface area contributed by atoms with Crippen LogP contribution in [0.2, 0.25) is 0 Å². The monoisotopic (exact) mass is 473 g/mol. The van der Waals surface area contributed by atoms with E-state index in [1.54, 1.807) is 28.9 Å². The molecule has 0 aliphatic carbocycles. The molecule has 0 atom stereocenters. The molecule has 5 rings (SSSR count). The molecule has 1 saturated heterocycles. The minimum absolute atomic E-state index is 0.299. The number of nitrogens with zero attached hydrogens (tertiary/aromatic N) is 7. The van der Waals surface area contributed by atoms with Gasteiger partial charge in [-0.25, -0.2) is 9.37 Å². The molecule has 154 valence electrons. The van der Waals surface area contributed by atoms with Crippen molar-refractivity contribution in [1.82, 2.24) is 34.8 Å². The number of hydrogen-bond acceptors (Lipinski definition) is 8. The third-order valence-electron chi connectivity index (χ3n) is 4.67. The largest absolute Gasteiger partial charge is 0.378 e. The Kier molecular flexibility index (Phi) is 5.01. The van der Waals surface area contributed by atoms with Gasteiger partial charge in [-0.1, -0.05) is 12.1 Å². The van der Waals surface area contributed by atoms with Crippen LogP contribution in [-0.4, -0.2) is 61.1 Å². The fraction of sp³-hybridized carbons (Fsp3) is 0.278. The first kappa shape index (κ1) is 18.9. The summed E-state index contributed by atoms with van der Waals surface area (Å²) in [5, 5.41) is 14.5. The average molecular weight is 474 g/mol. The Bertz CT molecular complexity index is 1190. The third-order valence-corrected chi connectivity index (χ3v) is 5.23. The molecule has 1 aliphatic rings. The Hall–Kier alpha value is -3.12. The van der Waals surface area contributed by atoms with E-state index in [-0.39, 0.29) is 5.82 Å². The summed E-state index contributed by atoms with van der Waals surface area (Å²) in [5.41, 5.74) is 0.994. The molecule has 0 saturated carbocycles. The average Bonchev–Trinajstić information content (AvgIpc) is 3.40. The molecule has 0 bridgehead atoms. The maximum atomic E-state index is 14.0. The second-order valence-corrected chi connectivity index (χ2v) is 7.47. The molecule has 10 nitrogen and oxygen atoms in total. The van der Waals surface area contributed by atoms with Crippen LogP contribution in [0.15, 0.2) is 34.9 Å². The Balaban J connectivity index is 1.41. The zero-order valence-electron chi connectivity index (χ0n) is 15.7. The van der Waals surface area contributed by atoms with Gasteiger partial charge in [-0.15, -0.1) is 0 Å². The van der Waals surface area contributed by atoms with Crippen LogP contribution in [0.5, 0.6) is 0 Å². The summed E-state index contributed by atoms with van der Waals surface area (Å²) in [6.07, 6.45) is 1.67. The van der Waals surface area contributed by atoms with Crippen molar-refractivity contribution in [2.75, 3.05) is 36.5 Å². The third kappa shape index (κ3) is 3.59. The van der Waals surface area contributed by atoms with Crippen LogP contribution in [0.1, 0.15) is 5.82 Å². The van der Waals surface area contributed by atoms with Crippen LogP contribution in [0.3, 0.4) is 0 Å². The molecule has 30 heavy (non-hydrogen) atoms. The molecular formula is C18H17BrFN9O. The molecule has 1 aromatic carbocycles. The molecule has 4 aromatic rings. The normalized spacial score (nSPS) is 14.4. The number of morpholine rings is 1. The summed E-state index contributed by atoms with van der Waals surface area (Å²) >= 11 is 3.48. The number of H-pyrrole nitrogens is 1. The lowest BCUT2D eigenvalue weighted by Crippen LogP contribution is -2.37. The highest BCUT2D eigenvalue weighted by atomic mass is 79.9. The van der Waals surface area contributed by atoms with Gasteiger partial charge in [0.05, 0.1) is 36.0 Å². The van der Waals surface area contributed by atoms with Crippen molar-refractivity contribution in [2.24, 2.45) is 0 Å². The highest BCUT2D eigenvalue weighted by molar-refractivity contribution is 9.10. The van der Waals surface area contributed by atoms with E-state index in [4.69, 9.17) is 4.74 Å². The molecule has 0 amide bonds. The maximum Gasteiger partial charge on any atom is 0.230 e. The maximum absolute atomic E-state index is 14.0. The molecular weight excluding hydrogens is 457 g/mol. The van der Waals surface area contributed by atoms with Crippen LogP contribution >= 0.6 is 15.9 Å². The lowest BCUT2D eigenvalue weighted by atomic mass is 10.2. The summed E-state index contributed by atoms with van der Waals surface area (Å²) in [6, 6.07) is 6.39. The number of anilines is 2. The fourth-order valence-electron chi connectivity index (χ4n) is 3.16. The molecule has 3 aromatic heterocycles. The van der Waals surface area contributed by atoms with Gasteiger partial charge in [-0.05, 0) is 28.1 Å². The molecule has 0 radical (unpaired) electrons. The Morgan fingerprint density at radius 2 is 2.00 bits per heavy atom. The molecule has 0 unspecified atom stereocenters. The molecule has 4 heterocycles. The second-order valence-electron chi connectivity index (χ2n) is 6.61. The molecule has 1 fully saturated rings. The lowest BCUT2D eigenvalue weighted by Gasteiger charge is -2.27. The van der Waals surface area contributed by atoms with Gasteiger partial charge in [0.15, 0.2) is 11.5 Å². The molecule has 2 N–H and O–H groups in total. The summed E-state index contributed by atoms with van der Waals surface area (Å²) in [4.78, 5) is 15.7. The van der Waals surface area contributed by atoms with Crippen LogP contribution in [0, 0.1) is 5.82 Å². The number of rotatable bonds is 5. The second kappa shape index (κ2) is 7.95. The van der Waals surface area contributed by atoms with E-state index in [2.05, 4.69) is 56.4 Å². The Labute approximate surface area is 178 Å². The van der Waals surface area contributed by atoms with Crippen LogP contribution in [-0.2, 0) is 11.3 Å². The van der Waals surface area contributed by atoms with Gasteiger partial charge in [0, 0.05) is 13.1 Å². The van der Waals surface area contributed by atoms with Gasteiger partial charge in [0.25, 0.3) is 0 Å². The van der Waals surface area contributed by atoms with Crippen molar-refractivity contribution in [3.05, 3.63) is 46.6 Å². The predicted molar refractivity (Wildman–Crippen MR) is 111 cm³/mol. The SMILES string of the molecule is Fc1ccccc1-c1n[nH]c(CNc2nc(N3CCOCC3)nc3c(Br)cnn23)n1. The van der Waals surface area contributed by atoms with Gasteiger partial charge < -0.3 is 15.0 Å². The fourth-order valence-corrected chi connectivity index (χ4v) is 3.51. The van der Waals surface area contributed by atoms with Crippen molar-refractivity contribution >= 4 is 33.5 Å². The minimum atomic E-state index is -0.370. The van der Waals surface area contributed by atoms with E-state index in [1.165, 1.54) is 6.07 Å². The first-order chi connectivity index (χ1) is 14.7. The first-order valence-electron chi connectivity index (χ1n) is 9.33. The van der Waals surface area contributed by atoms with Gasteiger partial charge in [-0.2, -0.15) is 24.7 Å². The van der Waals surface area contributed by atoms with Crippen molar-refractivity contribution in [3.8, 4) is 11.4 Å². The number of benzene rings is 1. The minimum Gasteiger partial charge on any atom is -0.378 e. The van der Waals surface area contributed by atoms with Crippen molar-refractivity contribution in [1.29, 1.82) is 0 Å². The number of aromatic amines is 1. The quantitative estimate of drug-likeness (QED) is 0.454. The predicted octanol–water partition coefficient (Wildman–Crippen LogP) is 2.26. The van der Waals surface area contributed by atoms with E-state index < -0.39 is 0 Å². The zero-order valence-corrected chi connectivity index (χ0v) is 17.3. The number of aromatic nitrogens is 7. The zero-order chi connectivity index (χ0) is 20.5. The van der Waals surface area contributed by atoms with Crippen molar-refractivity contribution in [3.63, 3.8) is 0 Å².